The van der Waals surface area contributed by atoms with Crippen molar-refractivity contribution in [3.05, 3.63) is 71.3 Å². The number of benzene rings is 2. The van der Waals surface area contributed by atoms with E-state index in [2.05, 4.69) is 24.5 Å². The number of carbonyl (C=O) groups is 3. The molecule has 0 unspecified atom stereocenters. The number of aliphatic hydroxyl groups is 1. The fraction of sp³-hybridized carbons (Fsp3) is 0.585. The third-order valence-electron chi connectivity index (χ3n) is 11.0. The van der Waals surface area contributed by atoms with Gasteiger partial charge in [0.15, 0.2) is 11.8 Å². The average molecular weight is 734 g/mol. The number of amides is 2. The topological polar surface area (TPSA) is 156 Å². The molecular formula is C41H55N3O9. The van der Waals surface area contributed by atoms with E-state index in [1.165, 1.54) is 0 Å². The highest BCUT2D eigenvalue weighted by molar-refractivity contribution is 5.94. The molecule has 2 aromatic carbocycles. The standard InChI is InChI=1S/C41H55N3O9/c1-3-5-9-20-40(21-10-6-4-2)51-34-32-26-41(39(49)43-22-19-33(47)42-23-24-45)36(38(48)50-32)44(53-37(41)35(34)52-40)27-29-15-11-13-28(25-29)14-12-17-30-16-7-8-18-31(30)46/h7-8,11-16,18,25,32,34-37,45-46H,3-6,9-10,17,19-24,26-27H2,1-2H3,(H,42,47)(H,43,49)/t32-,34+,35+,36+,37-,41+/m1/s1. The van der Waals surface area contributed by atoms with Crippen LogP contribution in [0.2, 0.25) is 0 Å². The summed E-state index contributed by atoms with van der Waals surface area (Å²) in [5.74, 6) is -1.84. The molecule has 4 fully saturated rings. The summed E-state index contributed by atoms with van der Waals surface area (Å²) in [6, 6.07) is 14.1. The zero-order valence-electron chi connectivity index (χ0n) is 31.0. The van der Waals surface area contributed by atoms with E-state index in [0.717, 1.165) is 55.2 Å². The molecule has 0 radical (unpaired) electrons. The van der Waals surface area contributed by atoms with Crippen LogP contribution in [0.4, 0.5) is 0 Å². The average Bonchev–Trinajstić information content (AvgIpc) is 3.70. The Kier molecular flexibility index (Phi) is 12.9. The zero-order valence-corrected chi connectivity index (χ0v) is 31.0. The summed E-state index contributed by atoms with van der Waals surface area (Å²) >= 11 is 0. The van der Waals surface area contributed by atoms with E-state index < -0.39 is 47.6 Å². The first-order chi connectivity index (χ1) is 25.7. The lowest BCUT2D eigenvalue weighted by Crippen LogP contribution is -2.69. The molecule has 12 nitrogen and oxygen atoms in total. The van der Waals surface area contributed by atoms with Crippen molar-refractivity contribution in [3.63, 3.8) is 0 Å². The number of hydrogen-bond donors (Lipinski definition) is 4. The van der Waals surface area contributed by atoms with Gasteiger partial charge in [-0.3, -0.25) is 19.2 Å². The molecule has 3 heterocycles. The highest BCUT2D eigenvalue weighted by atomic mass is 16.8. The van der Waals surface area contributed by atoms with Crippen LogP contribution >= 0.6 is 0 Å². The minimum absolute atomic E-state index is 0.0173. The number of aliphatic hydroxyl groups excluding tert-OH is 1. The Morgan fingerprint density at radius 3 is 2.45 bits per heavy atom. The van der Waals surface area contributed by atoms with Crippen LogP contribution < -0.4 is 10.6 Å². The molecule has 1 aliphatic carbocycles. The summed E-state index contributed by atoms with van der Waals surface area (Å²) in [5.41, 5.74) is 1.29. The first-order valence-electron chi connectivity index (χ1n) is 19.4. The summed E-state index contributed by atoms with van der Waals surface area (Å²) in [5, 5.41) is 26.4. The molecule has 2 bridgehead atoms. The largest absolute Gasteiger partial charge is 0.508 e. The van der Waals surface area contributed by atoms with Crippen LogP contribution in [0.15, 0.2) is 54.6 Å². The van der Waals surface area contributed by atoms with Gasteiger partial charge in [-0.25, -0.2) is 0 Å². The van der Waals surface area contributed by atoms with Crippen molar-refractivity contribution >= 4 is 23.9 Å². The van der Waals surface area contributed by atoms with Crippen molar-refractivity contribution in [3.8, 4) is 5.75 Å². The van der Waals surface area contributed by atoms with Gasteiger partial charge >= 0.3 is 5.97 Å². The first kappa shape index (κ1) is 38.9. The molecule has 6 rings (SSSR count). The van der Waals surface area contributed by atoms with Crippen molar-refractivity contribution in [2.24, 2.45) is 5.41 Å². The predicted octanol–water partition coefficient (Wildman–Crippen LogP) is 4.70. The number of ether oxygens (including phenoxy) is 3. The summed E-state index contributed by atoms with van der Waals surface area (Å²) < 4.78 is 19.9. The fourth-order valence-corrected chi connectivity index (χ4v) is 8.42. The van der Waals surface area contributed by atoms with Crippen LogP contribution in [-0.2, 0) is 46.4 Å². The minimum Gasteiger partial charge on any atom is -0.508 e. The van der Waals surface area contributed by atoms with E-state index in [-0.39, 0.29) is 56.6 Å². The minimum atomic E-state index is -1.34. The van der Waals surface area contributed by atoms with E-state index in [1.54, 1.807) is 17.2 Å². The Hall–Kier alpha value is -3.81. The van der Waals surface area contributed by atoms with Gasteiger partial charge in [0.2, 0.25) is 11.8 Å². The maximum Gasteiger partial charge on any atom is 0.327 e. The van der Waals surface area contributed by atoms with Crippen LogP contribution in [0.25, 0.3) is 6.08 Å². The first-order valence-corrected chi connectivity index (χ1v) is 19.4. The molecule has 2 aromatic rings. The molecule has 1 saturated carbocycles. The smallest absolute Gasteiger partial charge is 0.327 e. The van der Waals surface area contributed by atoms with Crippen LogP contribution in [-0.4, -0.2) is 89.0 Å². The van der Waals surface area contributed by atoms with Gasteiger partial charge in [0.05, 0.1) is 13.2 Å². The monoisotopic (exact) mass is 733 g/mol. The molecule has 12 heteroatoms. The highest BCUT2D eigenvalue weighted by Crippen LogP contribution is 2.58. The molecular weight excluding hydrogens is 678 g/mol. The number of allylic oxidation sites excluding steroid dienone is 1. The fourth-order valence-electron chi connectivity index (χ4n) is 8.42. The Labute approximate surface area is 312 Å². The van der Waals surface area contributed by atoms with Gasteiger partial charge in [0.25, 0.3) is 0 Å². The number of rotatable bonds is 19. The van der Waals surface area contributed by atoms with Crippen LogP contribution in [0.1, 0.15) is 94.7 Å². The number of fused-ring (bicyclic) bond motifs is 4. The summed E-state index contributed by atoms with van der Waals surface area (Å²) in [6.07, 6.45) is 9.41. The highest BCUT2D eigenvalue weighted by Gasteiger charge is 2.76. The molecule has 3 aliphatic heterocycles. The molecule has 6 atom stereocenters. The molecule has 3 saturated heterocycles. The molecule has 288 valence electrons. The van der Waals surface area contributed by atoms with Gasteiger partial charge in [-0.2, -0.15) is 5.06 Å². The van der Waals surface area contributed by atoms with Gasteiger partial charge in [0, 0.05) is 38.8 Å². The molecule has 4 aliphatic rings. The van der Waals surface area contributed by atoms with Crippen LogP contribution in [0.3, 0.4) is 0 Å². The van der Waals surface area contributed by atoms with Gasteiger partial charge in [-0.05, 0) is 42.0 Å². The van der Waals surface area contributed by atoms with Crippen molar-refractivity contribution in [1.29, 1.82) is 0 Å². The maximum atomic E-state index is 14.5. The maximum absolute atomic E-state index is 14.5. The molecule has 53 heavy (non-hydrogen) atoms. The summed E-state index contributed by atoms with van der Waals surface area (Å²) in [4.78, 5) is 47.6. The number of para-hydroxylation sites is 1. The lowest BCUT2D eigenvalue weighted by atomic mass is 9.62. The second-order valence-electron chi connectivity index (χ2n) is 14.8. The normalized spacial score (nSPS) is 27.1. The van der Waals surface area contributed by atoms with Gasteiger partial charge < -0.3 is 35.1 Å². The third kappa shape index (κ3) is 8.47. The van der Waals surface area contributed by atoms with Crippen LogP contribution in [0.5, 0.6) is 5.75 Å². The number of phenols is 1. The van der Waals surface area contributed by atoms with Gasteiger partial charge in [0.1, 0.15) is 35.6 Å². The number of hydrogen-bond acceptors (Lipinski definition) is 10. The van der Waals surface area contributed by atoms with Gasteiger partial charge in [-0.1, -0.05) is 94.1 Å². The lowest BCUT2D eigenvalue weighted by molar-refractivity contribution is -0.224. The lowest BCUT2D eigenvalue weighted by Gasteiger charge is -2.48. The molecule has 2 amide bonds. The summed E-state index contributed by atoms with van der Waals surface area (Å²) in [7, 11) is 0. The van der Waals surface area contributed by atoms with Crippen LogP contribution in [0, 0.1) is 5.41 Å². The van der Waals surface area contributed by atoms with Crippen molar-refractivity contribution in [2.75, 3.05) is 19.7 Å². The quantitative estimate of drug-likeness (QED) is 0.118. The molecule has 0 spiro atoms. The van der Waals surface area contributed by atoms with E-state index in [4.69, 9.17) is 24.2 Å². The van der Waals surface area contributed by atoms with E-state index in [9.17, 15) is 19.5 Å². The predicted molar refractivity (Wildman–Crippen MR) is 197 cm³/mol. The van der Waals surface area contributed by atoms with E-state index in [1.807, 2.05) is 48.6 Å². The number of carbonyl (C=O) groups excluding carboxylic acids is 3. The number of nitrogens with one attached hydrogen (secondary N) is 2. The number of aromatic hydroxyl groups is 1. The zero-order chi connectivity index (χ0) is 37.4. The van der Waals surface area contributed by atoms with Crippen molar-refractivity contribution in [2.45, 2.75) is 127 Å². The number of nitrogens with zero attached hydrogens (tertiary/aromatic N) is 1. The Balaban J connectivity index is 1.27. The summed E-state index contributed by atoms with van der Waals surface area (Å²) in [6.45, 7) is 4.52. The number of esters is 1. The van der Waals surface area contributed by atoms with E-state index >= 15 is 0 Å². The Bertz CT molecular complexity index is 1610. The van der Waals surface area contributed by atoms with E-state index in [0.29, 0.717) is 19.3 Å². The Morgan fingerprint density at radius 1 is 0.962 bits per heavy atom. The second kappa shape index (κ2) is 17.6. The van der Waals surface area contributed by atoms with Gasteiger partial charge in [-0.15, -0.1) is 0 Å². The second-order valence-corrected chi connectivity index (χ2v) is 14.8. The van der Waals surface area contributed by atoms with Crippen molar-refractivity contribution in [1.82, 2.24) is 15.7 Å². The number of phenolic OH excluding ortho intramolecular Hbond substituents is 1. The Morgan fingerprint density at radius 2 is 1.72 bits per heavy atom. The van der Waals surface area contributed by atoms with Crippen molar-refractivity contribution < 1.29 is 43.6 Å². The number of hydroxylamine groups is 2. The SMILES string of the molecule is CCCCCC1(CCCCC)O[C@@H]2[C@H](O1)[C@H]1ON(Cc3cccc(C=CCc4ccccc4O)c3)[C@H]3C(=O)O[C@@H]2C[C@@]13C(=O)NCCC(=O)NCCO. The third-order valence-corrected chi connectivity index (χ3v) is 11.0. The number of unbranched alkanes of at least 4 members (excludes halogenated alkanes) is 4. The molecule has 4 N–H and O–H groups in total. The molecule has 0 aromatic heterocycles.